The molecule has 0 unspecified atom stereocenters. The Bertz CT molecular complexity index is 750. The van der Waals surface area contributed by atoms with Crippen LogP contribution in [0.25, 0.3) is 0 Å². The lowest BCUT2D eigenvalue weighted by Crippen LogP contribution is -2.36. The van der Waals surface area contributed by atoms with Gasteiger partial charge in [-0.1, -0.05) is 18.2 Å². The van der Waals surface area contributed by atoms with Gasteiger partial charge in [-0.3, -0.25) is 4.79 Å². The molecule has 1 aliphatic rings. The maximum Gasteiger partial charge on any atom is 0.337 e. The highest BCUT2D eigenvalue weighted by atomic mass is 16.5. The summed E-state index contributed by atoms with van der Waals surface area (Å²) >= 11 is 0. The van der Waals surface area contributed by atoms with Crippen LogP contribution in [0.4, 0.5) is 5.69 Å². The molecular weight excluding hydrogens is 290 g/mol. The molecule has 0 N–H and O–H groups in total. The lowest BCUT2D eigenvalue weighted by Gasteiger charge is -2.31. The highest BCUT2D eigenvalue weighted by Crippen LogP contribution is 2.31. The van der Waals surface area contributed by atoms with Gasteiger partial charge in [0.05, 0.1) is 18.4 Å². The molecule has 0 aliphatic carbocycles. The molecule has 4 heteroatoms. The Hall–Kier alpha value is -2.62. The summed E-state index contributed by atoms with van der Waals surface area (Å²) in [5.74, 6) is -0.431. The largest absolute Gasteiger partial charge is 0.465 e. The second-order valence-electron chi connectivity index (χ2n) is 5.71. The van der Waals surface area contributed by atoms with Gasteiger partial charge in [0.1, 0.15) is 0 Å². The van der Waals surface area contributed by atoms with Crippen LogP contribution in [0, 0.1) is 6.92 Å². The van der Waals surface area contributed by atoms with Crippen molar-refractivity contribution in [3.8, 4) is 0 Å². The van der Waals surface area contributed by atoms with E-state index in [1.807, 2.05) is 24.0 Å². The van der Waals surface area contributed by atoms with Gasteiger partial charge in [0.2, 0.25) is 0 Å². The zero-order chi connectivity index (χ0) is 16.4. The highest BCUT2D eigenvalue weighted by molar-refractivity contribution is 6.07. The van der Waals surface area contributed by atoms with Crippen LogP contribution in [0.5, 0.6) is 0 Å². The third-order valence-corrected chi connectivity index (χ3v) is 4.22. The van der Waals surface area contributed by atoms with Gasteiger partial charge in [0.25, 0.3) is 5.91 Å². The Balaban J connectivity index is 1.92. The molecule has 23 heavy (non-hydrogen) atoms. The van der Waals surface area contributed by atoms with Crippen molar-refractivity contribution >= 4 is 17.6 Å². The molecule has 0 spiro atoms. The lowest BCUT2D eigenvalue weighted by atomic mass is 9.97. The van der Waals surface area contributed by atoms with Gasteiger partial charge in [-0.05, 0) is 55.2 Å². The zero-order valence-corrected chi connectivity index (χ0v) is 13.3. The van der Waals surface area contributed by atoms with E-state index < -0.39 is 5.97 Å². The Labute approximate surface area is 135 Å². The minimum Gasteiger partial charge on any atom is -0.465 e. The standard InChI is InChI=1S/C19H19NO3/c1-13-5-3-6-14-7-4-12-20(17(13)14)18(21)15-8-10-16(11-9-15)19(22)23-2/h3,5-6,8-11H,4,7,12H2,1-2H3. The summed E-state index contributed by atoms with van der Waals surface area (Å²) in [6.45, 7) is 2.75. The van der Waals surface area contributed by atoms with Gasteiger partial charge in [0, 0.05) is 12.1 Å². The summed E-state index contributed by atoms with van der Waals surface area (Å²) in [5, 5.41) is 0. The Kier molecular flexibility index (Phi) is 4.15. The number of rotatable bonds is 2. The van der Waals surface area contributed by atoms with E-state index in [0.717, 1.165) is 30.6 Å². The quantitative estimate of drug-likeness (QED) is 0.799. The maximum atomic E-state index is 12.9. The molecule has 118 valence electrons. The molecule has 2 aromatic rings. The first-order chi connectivity index (χ1) is 11.1. The molecule has 0 saturated carbocycles. The predicted molar refractivity (Wildman–Crippen MR) is 89.0 cm³/mol. The summed E-state index contributed by atoms with van der Waals surface area (Å²) in [6, 6.07) is 12.8. The molecule has 0 atom stereocenters. The van der Waals surface area contributed by atoms with Crippen molar-refractivity contribution in [2.75, 3.05) is 18.6 Å². The molecule has 0 bridgehead atoms. The molecule has 0 saturated heterocycles. The number of carbonyl (C=O) groups is 2. The SMILES string of the molecule is COC(=O)c1ccc(C(=O)N2CCCc3cccc(C)c32)cc1. The molecule has 1 aliphatic heterocycles. The maximum absolute atomic E-state index is 12.9. The van der Waals surface area contributed by atoms with E-state index in [0.29, 0.717) is 11.1 Å². The highest BCUT2D eigenvalue weighted by Gasteiger charge is 2.25. The van der Waals surface area contributed by atoms with Crippen molar-refractivity contribution in [3.05, 3.63) is 64.7 Å². The number of hydrogen-bond donors (Lipinski definition) is 0. The van der Waals surface area contributed by atoms with Crippen LogP contribution in [0.1, 0.15) is 38.3 Å². The number of esters is 1. The number of carbonyl (C=O) groups excluding carboxylic acids is 2. The fourth-order valence-corrected chi connectivity index (χ4v) is 3.07. The first-order valence-corrected chi connectivity index (χ1v) is 7.70. The van der Waals surface area contributed by atoms with Crippen molar-refractivity contribution < 1.29 is 14.3 Å². The minimum atomic E-state index is -0.400. The van der Waals surface area contributed by atoms with Gasteiger partial charge in [-0.25, -0.2) is 4.79 Å². The lowest BCUT2D eigenvalue weighted by molar-refractivity contribution is 0.0600. The number of amides is 1. The van der Waals surface area contributed by atoms with Gasteiger partial charge >= 0.3 is 5.97 Å². The number of nitrogens with zero attached hydrogens (tertiary/aromatic N) is 1. The molecule has 0 aromatic heterocycles. The Morgan fingerprint density at radius 3 is 2.43 bits per heavy atom. The van der Waals surface area contributed by atoms with E-state index in [4.69, 9.17) is 0 Å². The van der Waals surface area contributed by atoms with E-state index in [2.05, 4.69) is 10.8 Å². The molecule has 3 rings (SSSR count). The number of benzene rings is 2. The fourth-order valence-electron chi connectivity index (χ4n) is 3.07. The Morgan fingerprint density at radius 1 is 1.04 bits per heavy atom. The minimum absolute atomic E-state index is 0.0309. The number of fused-ring (bicyclic) bond motifs is 1. The van der Waals surface area contributed by atoms with Crippen LogP contribution in [0.3, 0.4) is 0 Å². The van der Waals surface area contributed by atoms with Gasteiger partial charge in [0.15, 0.2) is 0 Å². The Morgan fingerprint density at radius 2 is 1.74 bits per heavy atom. The summed E-state index contributed by atoms with van der Waals surface area (Å²) < 4.78 is 4.68. The van der Waals surface area contributed by atoms with Crippen molar-refractivity contribution in [1.82, 2.24) is 0 Å². The van der Waals surface area contributed by atoms with Crippen molar-refractivity contribution in [2.45, 2.75) is 19.8 Å². The van der Waals surface area contributed by atoms with Crippen LogP contribution in [0.15, 0.2) is 42.5 Å². The average Bonchev–Trinajstić information content (AvgIpc) is 2.60. The normalized spacial score (nSPS) is 13.4. The van der Waals surface area contributed by atoms with E-state index in [9.17, 15) is 9.59 Å². The van der Waals surface area contributed by atoms with E-state index in [1.165, 1.54) is 12.7 Å². The topological polar surface area (TPSA) is 46.6 Å². The van der Waals surface area contributed by atoms with Gasteiger partial charge in [-0.2, -0.15) is 0 Å². The molecule has 0 fully saturated rings. The van der Waals surface area contributed by atoms with E-state index in [1.54, 1.807) is 24.3 Å². The third-order valence-electron chi connectivity index (χ3n) is 4.22. The van der Waals surface area contributed by atoms with Gasteiger partial charge in [-0.15, -0.1) is 0 Å². The summed E-state index contributed by atoms with van der Waals surface area (Å²) in [4.78, 5) is 26.2. The zero-order valence-electron chi connectivity index (χ0n) is 13.3. The fraction of sp³-hybridized carbons (Fsp3) is 0.263. The molecule has 1 amide bonds. The summed E-state index contributed by atoms with van der Waals surface area (Å²) in [6.07, 6.45) is 1.96. The first-order valence-electron chi connectivity index (χ1n) is 7.70. The van der Waals surface area contributed by atoms with E-state index >= 15 is 0 Å². The van der Waals surface area contributed by atoms with Crippen LogP contribution < -0.4 is 4.90 Å². The van der Waals surface area contributed by atoms with Crippen LogP contribution >= 0.6 is 0 Å². The molecular formula is C19H19NO3. The number of ether oxygens (including phenoxy) is 1. The summed E-state index contributed by atoms with van der Waals surface area (Å²) in [7, 11) is 1.34. The predicted octanol–water partition coefficient (Wildman–Crippen LogP) is 3.37. The second-order valence-corrected chi connectivity index (χ2v) is 5.71. The molecule has 1 heterocycles. The summed E-state index contributed by atoms with van der Waals surface area (Å²) in [5.41, 5.74) is 4.38. The monoisotopic (exact) mass is 309 g/mol. The first kappa shape index (κ1) is 15.3. The average molecular weight is 309 g/mol. The van der Waals surface area contributed by atoms with Crippen molar-refractivity contribution in [2.24, 2.45) is 0 Å². The molecule has 4 nitrogen and oxygen atoms in total. The van der Waals surface area contributed by atoms with Crippen LogP contribution in [-0.4, -0.2) is 25.5 Å². The number of hydrogen-bond acceptors (Lipinski definition) is 3. The smallest absolute Gasteiger partial charge is 0.337 e. The number of aryl methyl sites for hydroxylation is 2. The van der Waals surface area contributed by atoms with Crippen LogP contribution in [-0.2, 0) is 11.2 Å². The van der Waals surface area contributed by atoms with Crippen molar-refractivity contribution in [1.29, 1.82) is 0 Å². The number of methoxy groups -OCH3 is 1. The molecule has 2 aromatic carbocycles. The molecule has 0 radical (unpaired) electrons. The van der Waals surface area contributed by atoms with Gasteiger partial charge < -0.3 is 9.64 Å². The number of anilines is 1. The third kappa shape index (κ3) is 2.84. The van der Waals surface area contributed by atoms with E-state index in [-0.39, 0.29) is 5.91 Å². The van der Waals surface area contributed by atoms with Crippen LogP contribution in [0.2, 0.25) is 0 Å². The number of para-hydroxylation sites is 1. The van der Waals surface area contributed by atoms with Crippen molar-refractivity contribution in [3.63, 3.8) is 0 Å². The second kappa shape index (κ2) is 6.24.